The lowest BCUT2D eigenvalue weighted by Crippen LogP contribution is -2.30. The molecule has 0 saturated carbocycles. The van der Waals surface area contributed by atoms with Crippen LogP contribution in [-0.2, 0) is 0 Å². The molecule has 0 bridgehead atoms. The third-order valence-electron chi connectivity index (χ3n) is 3.48. The molecular weight excluding hydrogens is 326 g/mol. The molecule has 0 aliphatic carbocycles. The Morgan fingerprint density at radius 2 is 1.88 bits per heavy atom. The summed E-state index contributed by atoms with van der Waals surface area (Å²) in [6.45, 7) is 3.30. The van der Waals surface area contributed by atoms with Crippen LogP contribution in [0.2, 0.25) is 0 Å². The predicted molar refractivity (Wildman–Crippen MR) is 92.1 cm³/mol. The summed E-state index contributed by atoms with van der Waals surface area (Å²) in [5.74, 6) is -1.02. The van der Waals surface area contributed by atoms with Gasteiger partial charge in [-0.25, -0.2) is 4.79 Å². The molecule has 0 radical (unpaired) electrons. The van der Waals surface area contributed by atoms with Gasteiger partial charge in [-0.15, -0.1) is 5.73 Å². The summed E-state index contributed by atoms with van der Waals surface area (Å²) in [5, 5.41) is 12.5. The number of carbonyl (C=O) groups excluding carboxylic acids is 2. The molecule has 0 aliphatic heterocycles. The van der Waals surface area contributed by atoms with Gasteiger partial charge >= 0.3 is 6.03 Å². The molecule has 2 heterocycles. The van der Waals surface area contributed by atoms with E-state index < -0.39 is 17.5 Å². The number of amides is 2. The number of aromatic hydroxyl groups is 1. The normalized spacial score (nSPS) is 10.6. The van der Waals surface area contributed by atoms with Gasteiger partial charge < -0.3 is 21.6 Å². The topological polar surface area (TPSA) is 160 Å². The van der Waals surface area contributed by atoms with Gasteiger partial charge in [-0.05, 0) is 32.1 Å². The van der Waals surface area contributed by atoms with E-state index in [1.165, 1.54) is 24.3 Å². The number of H-pyrrole nitrogens is 2. The highest BCUT2D eigenvalue weighted by atomic mass is 16.3. The van der Waals surface area contributed by atoms with Crippen LogP contribution in [0.5, 0.6) is 5.75 Å². The zero-order valence-electron chi connectivity index (χ0n) is 13.6. The molecule has 2 aromatic rings. The van der Waals surface area contributed by atoms with Gasteiger partial charge in [-0.3, -0.25) is 14.7 Å². The van der Waals surface area contributed by atoms with Crippen molar-refractivity contribution in [3.05, 3.63) is 56.4 Å². The number of rotatable bonds is 4. The van der Waals surface area contributed by atoms with E-state index in [9.17, 15) is 19.5 Å². The molecule has 0 spiro atoms. The third-order valence-corrected chi connectivity index (χ3v) is 3.48. The number of hydrogen-bond acceptors (Lipinski definition) is 4. The highest BCUT2D eigenvalue weighted by Gasteiger charge is 2.15. The molecule has 0 atom stereocenters. The minimum Gasteiger partial charge on any atom is -0.505 e. The van der Waals surface area contributed by atoms with Crippen molar-refractivity contribution in [2.24, 2.45) is 11.5 Å². The van der Waals surface area contributed by atoms with Gasteiger partial charge in [0.2, 0.25) is 0 Å². The zero-order chi connectivity index (χ0) is 18.7. The maximum atomic E-state index is 11.9. The molecular formula is C16H17N5O4. The highest BCUT2D eigenvalue weighted by molar-refractivity contribution is 5.95. The van der Waals surface area contributed by atoms with Crippen molar-refractivity contribution in [3.8, 4) is 5.75 Å². The maximum Gasteiger partial charge on any atom is 0.341 e. The summed E-state index contributed by atoms with van der Waals surface area (Å²) in [6.07, 6.45) is 5.99. The Labute approximate surface area is 141 Å². The average Bonchev–Trinajstić information content (AvgIpc) is 2.98. The molecule has 0 unspecified atom stereocenters. The van der Waals surface area contributed by atoms with Crippen LogP contribution in [0.15, 0.2) is 22.7 Å². The summed E-state index contributed by atoms with van der Waals surface area (Å²) in [6, 6.07) is -0.896. The van der Waals surface area contributed by atoms with Crippen molar-refractivity contribution in [3.63, 3.8) is 0 Å². The Morgan fingerprint density at radius 1 is 1.20 bits per heavy atom. The second-order valence-corrected chi connectivity index (χ2v) is 5.22. The fourth-order valence-electron chi connectivity index (χ4n) is 2.22. The second kappa shape index (κ2) is 6.81. The molecule has 130 valence electrons. The Kier molecular flexibility index (Phi) is 4.81. The number of nitrogens with one attached hydrogen (secondary N) is 2. The third kappa shape index (κ3) is 3.46. The standard InChI is InChI=1S/C16H17N5O4/c1-8-10(13(22)12(19-8)14(17)23)6-4-3-5-7-11-9(2)20-21(15(11)24)16(18)25/h3,5-7,19-20,22H,1-2H3,(H2,17,23)(H2,18,25). The van der Waals surface area contributed by atoms with Gasteiger partial charge in [-0.1, -0.05) is 6.08 Å². The summed E-state index contributed by atoms with van der Waals surface area (Å²) < 4.78 is 0.709. The lowest BCUT2D eigenvalue weighted by molar-refractivity contribution is 0.0993. The van der Waals surface area contributed by atoms with E-state index in [1.54, 1.807) is 13.8 Å². The summed E-state index contributed by atoms with van der Waals surface area (Å²) >= 11 is 0. The molecule has 7 N–H and O–H groups in total. The van der Waals surface area contributed by atoms with Gasteiger partial charge in [0, 0.05) is 17.0 Å². The van der Waals surface area contributed by atoms with Crippen LogP contribution >= 0.6 is 0 Å². The van der Waals surface area contributed by atoms with Crippen molar-refractivity contribution in [2.45, 2.75) is 13.8 Å². The van der Waals surface area contributed by atoms with Gasteiger partial charge in [0.1, 0.15) is 5.69 Å². The van der Waals surface area contributed by atoms with E-state index in [-0.39, 0.29) is 17.0 Å². The minimum atomic E-state index is -0.896. The number of carbonyl (C=O) groups is 2. The van der Waals surface area contributed by atoms with Crippen molar-refractivity contribution >= 4 is 24.1 Å². The number of aromatic nitrogens is 3. The number of nitrogens with two attached hydrogens (primary N) is 2. The number of hydrogen-bond donors (Lipinski definition) is 5. The van der Waals surface area contributed by atoms with Crippen LogP contribution in [0.3, 0.4) is 0 Å². The molecule has 2 rings (SSSR count). The zero-order valence-corrected chi connectivity index (χ0v) is 13.6. The summed E-state index contributed by atoms with van der Waals surface area (Å²) in [4.78, 5) is 36.8. The molecule has 9 nitrogen and oxygen atoms in total. The SMILES string of the molecule is Cc1[nH]c(C(N)=O)c(O)c1C=C=CC=Cc1c(C)[nH]n(C(N)=O)c1=O. The van der Waals surface area contributed by atoms with Crippen LogP contribution in [0.1, 0.15) is 33.0 Å². The first kappa shape index (κ1) is 17.6. The number of nitrogens with zero attached hydrogens (tertiary/aromatic N) is 1. The van der Waals surface area contributed by atoms with Crippen LogP contribution in [0.4, 0.5) is 4.79 Å². The lowest BCUT2D eigenvalue weighted by atomic mass is 10.2. The molecule has 0 aliphatic rings. The predicted octanol–water partition coefficient (Wildman–Crippen LogP) is 0.734. The van der Waals surface area contributed by atoms with Crippen LogP contribution in [0, 0.1) is 13.8 Å². The largest absolute Gasteiger partial charge is 0.505 e. The Hall–Kier alpha value is -3.71. The highest BCUT2D eigenvalue weighted by Crippen LogP contribution is 2.26. The van der Waals surface area contributed by atoms with Crippen LogP contribution in [-0.4, -0.2) is 31.8 Å². The van der Waals surface area contributed by atoms with E-state index in [2.05, 4.69) is 15.8 Å². The summed E-state index contributed by atoms with van der Waals surface area (Å²) in [7, 11) is 0. The monoisotopic (exact) mass is 343 g/mol. The Bertz CT molecular complexity index is 997. The molecule has 9 heteroatoms. The summed E-state index contributed by atoms with van der Waals surface area (Å²) in [5.41, 5.74) is 14.1. The van der Waals surface area contributed by atoms with Crippen molar-refractivity contribution in [2.75, 3.05) is 0 Å². The minimum absolute atomic E-state index is 0.0731. The van der Waals surface area contributed by atoms with Gasteiger partial charge in [0.05, 0.1) is 5.56 Å². The molecule has 0 fully saturated rings. The number of aryl methyl sites for hydroxylation is 2. The molecule has 0 aromatic carbocycles. The molecule has 25 heavy (non-hydrogen) atoms. The quantitative estimate of drug-likeness (QED) is 0.409. The fraction of sp³-hybridized carbons (Fsp3) is 0.125. The first-order chi connectivity index (χ1) is 11.7. The van der Waals surface area contributed by atoms with Gasteiger partial charge in [0.15, 0.2) is 5.75 Å². The van der Waals surface area contributed by atoms with E-state index in [1.807, 2.05) is 0 Å². The number of primary amides is 2. The van der Waals surface area contributed by atoms with E-state index >= 15 is 0 Å². The number of aromatic amines is 2. The molecule has 2 amide bonds. The number of allylic oxidation sites excluding steroid dienone is 2. The smallest absolute Gasteiger partial charge is 0.341 e. The fourth-order valence-corrected chi connectivity index (χ4v) is 2.22. The van der Waals surface area contributed by atoms with E-state index in [0.29, 0.717) is 21.6 Å². The van der Waals surface area contributed by atoms with Crippen molar-refractivity contribution < 1.29 is 14.7 Å². The second-order valence-electron chi connectivity index (χ2n) is 5.22. The van der Waals surface area contributed by atoms with Crippen LogP contribution < -0.4 is 17.0 Å². The van der Waals surface area contributed by atoms with E-state index in [0.717, 1.165) is 0 Å². The van der Waals surface area contributed by atoms with Crippen LogP contribution in [0.25, 0.3) is 12.2 Å². The first-order valence-corrected chi connectivity index (χ1v) is 7.16. The van der Waals surface area contributed by atoms with Gasteiger partial charge in [-0.2, -0.15) is 4.68 Å². The average molecular weight is 343 g/mol. The van der Waals surface area contributed by atoms with Crippen molar-refractivity contribution in [1.29, 1.82) is 0 Å². The Morgan fingerprint density at radius 3 is 2.40 bits per heavy atom. The van der Waals surface area contributed by atoms with E-state index in [4.69, 9.17) is 11.5 Å². The lowest BCUT2D eigenvalue weighted by Gasteiger charge is -1.91. The first-order valence-electron chi connectivity index (χ1n) is 7.16. The Balaban J connectivity index is 2.26. The van der Waals surface area contributed by atoms with Gasteiger partial charge in [0.25, 0.3) is 11.5 Å². The molecule has 0 saturated heterocycles. The van der Waals surface area contributed by atoms with Crippen molar-refractivity contribution in [1.82, 2.24) is 14.8 Å². The maximum absolute atomic E-state index is 11.9. The molecule has 2 aromatic heterocycles.